The third kappa shape index (κ3) is 2.39. The van der Waals surface area contributed by atoms with Crippen LogP contribution in [-0.2, 0) is 6.54 Å². The third-order valence-corrected chi connectivity index (χ3v) is 4.63. The number of aromatic nitrogens is 2. The van der Waals surface area contributed by atoms with Crippen molar-refractivity contribution in [3.8, 4) is 0 Å². The van der Waals surface area contributed by atoms with Crippen LogP contribution in [0.3, 0.4) is 0 Å². The predicted octanol–water partition coefficient (Wildman–Crippen LogP) is 3.89. The number of benzene rings is 1. The number of rotatable bonds is 2. The fourth-order valence-electron chi connectivity index (χ4n) is 3.23. The van der Waals surface area contributed by atoms with Crippen LogP contribution < -0.4 is 5.73 Å². The molecule has 3 nitrogen and oxygen atoms in total. The minimum Gasteiger partial charge on any atom is -0.369 e. The second-order valence-corrected chi connectivity index (χ2v) is 6.30. The zero-order valence-corrected chi connectivity index (χ0v) is 12.2. The van der Waals surface area contributed by atoms with E-state index in [1.54, 1.807) is 6.92 Å². The van der Waals surface area contributed by atoms with Crippen molar-refractivity contribution in [2.75, 3.05) is 5.73 Å². The molecule has 0 unspecified atom stereocenters. The van der Waals surface area contributed by atoms with Crippen LogP contribution in [-0.4, -0.2) is 9.55 Å². The molecule has 2 aromatic rings. The van der Waals surface area contributed by atoms with Gasteiger partial charge in [0.2, 0.25) is 5.95 Å². The molecular formula is C16H22FN3. The van der Waals surface area contributed by atoms with Gasteiger partial charge in [-0.25, -0.2) is 9.37 Å². The number of anilines is 1. The lowest BCUT2D eigenvalue weighted by molar-refractivity contribution is 0.267. The monoisotopic (exact) mass is 275 g/mol. The van der Waals surface area contributed by atoms with Crippen molar-refractivity contribution >= 4 is 17.0 Å². The lowest BCUT2D eigenvalue weighted by atomic mass is 9.83. The van der Waals surface area contributed by atoms with E-state index in [4.69, 9.17) is 5.73 Å². The van der Waals surface area contributed by atoms with Crippen LogP contribution >= 0.6 is 0 Å². The van der Waals surface area contributed by atoms with Gasteiger partial charge in [0.25, 0.3) is 0 Å². The van der Waals surface area contributed by atoms with E-state index in [1.165, 1.54) is 31.7 Å². The number of hydrogen-bond donors (Lipinski definition) is 1. The summed E-state index contributed by atoms with van der Waals surface area (Å²) in [6.45, 7) is 5.01. The Bertz CT molecular complexity index is 624. The van der Waals surface area contributed by atoms with Gasteiger partial charge in [-0.1, -0.05) is 19.8 Å². The van der Waals surface area contributed by atoms with Gasteiger partial charge in [0.05, 0.1) is 11.0 Å². The Balaban J connectivity index is 1.91. The Morgan fingerprint density at radius 2 is 2.00 bits per heavy atom. The minimum absolute atomic E-state index is 0.214. The molecule has 0 saturated heterocycles. The van der Waals surface area contributed by atoms with Gasteiger partial charge in [0.15, 0.2) is 0 Å². The van der Waals surface area contributed by atoms with Crippen LogP contribution in [0.15, 0.2) is 12.1 Å². The largest absolute Gasteiger partial charge is 0.369 e. The van der Waals surface area contributed by atoms with E-state index in [9.17, 15) is 4.39 Å². The van der Waals surface area contributed by atoms with Crippen LogP contribution in [0.5, 0.6) is 0 Å². The normalized spacial score (nSPS) is 23.4. The molecule has 4 heteroatoms. The number of imidazole rings is 1. The fraction of sp³-hybridized carbons (Fsp3) is 0.562. The number of nitrogen functional groups attached to an aromatic ring is 1. The summed E-state index contributed by atoms with van der Waals surface area (Å²) in [4.78, 5) is 4.30. The fourth-order valence-corrected chi connectivity index (χ4v) is 3.23. The van der Waals surface area contributed by atoms with Gasteiger partial charge in [0.1, 0.15) is 5.82 Å². The molecule has 0 spiro atoms. The molecule has 0 atom stereocenters. The first-order valence-electron chi connectivity index (χ1n) is 7.46. The van der Waals surface area contributed by atoms with E-state index in [0.29, 0.717) is 22.9 Å². The zero-order valence-electron chi connectivity index (χ0n) is 12.2. The summed E-state index contributed by atoms with van der Waals surface area (Å²) >= 11 is 0. The van der Waals surface area contributed by atoms with Gasteiger partial charge in [-0.05, 0) is 43.2 Å². The Morgan fingerprint density at radius 3 is 2.70 bits per heavy atom. The number of nitrogens with zero attached hydrogens (tertiary/aromatic N) is 2. The molecule has 0 bridgehead atoms. The number of hydrogen-bond acceptors (Lipinski definition) is 2. The average Bonchev–Trinajstić information content (AvgIpc) is 2.69. The highest BCUT2D eigenvalue weighted by Crippen LogP contribution is 2.31. The molecule has 1 aromatic carbocycles. The van der Waals surface area contributed by atoms with Crippen molar-refractivity contribution in [2.45, 2.75) is 46.1 Å². The van der Waals surface area contributed by atoms with Crippen LogP contribution in [0.1, 0.15) is 38.2 Å². The maximum Gasteiger partial charge on any atom is 0.201 e. The van der Waals surface area contributed by atoms with Gasteiger partial charge in [0, 0.05) is 12.6 Å². The molecule has 1 saturated carbocycles. The van der Waals surface area contributed by atoms with Gasteiger partial charge in [-0.3, -0.25) is 0 Å². The molecule has 1 heterocycles. The summed E-state index contributed by atoms with van der Waals surface area (Å²) in [5.41, 5.74) is 8.30. The Kier molecular flexibility index (Phi) is 3.40. The van der Waals surface area contributed by atoms with E-state index in [1.807, 2.05) is 6.07 Å². The SMILES string of the molecule is Cc1cc2c(cc1F)nc(N)n2CC1CCC(C)CC1. The molecule has 20 heavy (non-hydrogen) atoms. The molecule has 1 aliphatic rings. The number of halogens is 1. The smallest absolute Gasteiger partial charge is 0.201 e. The van der Waals surface area contributed by atoms with Crippen LogP contribution in [0.2, 0.25) is 0 Å². The van der Waals surface area contributed by atoms with Crippen LogP contribution in [0.4, 0.5) is 10.3 Å². The first kappa shape index (κ1) is 13.4. The maximum atomic E-state index is 13.6. The minimum atomic E-state index is -0.214. The highest BCUT2D eigenvalue weighted by molar-refractivity contribution is 5.79. The average molecular weight is 275 g/mol. The molecule has 0 aliphatic heterocycles. The van der Waals surface area contributed by atoms with Crippen molar-refractivity contribution in [3.05, 3.63) is 23.5 Å². The molecule has 0 amide bonds. The summed E-state index contributed by atoms with van der Waals surface area (Å²) in [6.07, 6.45) is 5.09. The van der Waals surface area contributed by atoms with Crippen molar-refractivity contribution in [1.29, 1.82) is 0 Å². The van der Waals surface area contributed by atoms with E-state index >= 15 is 0 Å². The predicted molar refractivity (Wildman–Crippen MR) is 80.0 cm³/mol. The van der Waals surface area contributed by atoms with E-state index in [-0.39, 0.29) is 5.82 Å². The number of aryl methyl sites for hydroxylation is 1. The van der Waals surface area contributed by atoms with Crippen molar-refractivity contribution in [1.82, 2.24) is 9.55 Å². The summed E-state index contributed by atoms with van der Waals surface area (Å²) in [5.74, 6) is 1.80. The first-order valence-corrected chi connectivity index (χ1v) is 7.46. The Hall–Kier alpha value is -1.58. The number of fused-ring (bicyclic) bond motifs is 1. The van der Waals surface area contributed by atoms with Crippen LogP contribution in [0, 0.1) is 24.6 Å². The maximum absolute atomic E-state index is 13.6. The summed E-state index contributed by atoms with van der Waals surface area (Å²) < 4.78 is 15.7. The lowest BCUT2D eigenvalue weighted by Crippen LogP contribution is -2.18. The molecule has 3 rings (SSSR count). The van der Waals surface area contributed by atoms with E-state index in [2.05, 4.69) is 16.5 Å². The van der Waals surface area contributed by atoms with E-state index in [0.717, 1.165) is 18.0 Å². The number of nitrogens with two attached hydrogens (primary N) is 1. The molecule has 1 aliphatic carbocycles. The Labute approximate surface area is 119 Å². The highest BCUT2D eigenvalue weighted by Gasteiger charge is 2.20. The van der Waals surface area contributed by atoms with Crippen molar-refractivity contribution in [3.63, 3.8) is 0 Å². The second-order valence-electron chi connectivity index (χ2n) is 6.30. The van der Waals surface area contributed by atoms with Crippen LogP contribution in [0.25, 0.3) is 11.0 Å². The van der Waals surface area contributed by atoms with Gasteiger partial charge < -0.3 is 10.3 Å². The van der Waals surface area contributed by atoms with Crippen molar-refractivity contribution < 1.29 is 4.39 Å². The topological polar surface area (TPSA) is 43.8 Å². The molecular weight excluding hydrogens is 253 g/mol. The molecule has 1 aromatic heterocycles. The summed E-state index contributed by atoms with van der Waals surface area (Å²) in [5, 5.41) is 0. The molecule has 1 fully saturated rings. The van der Waals surface area contributed by atoms with Gasteiger partial charge >= 0.3 is 0 Å². The first-order chi connectivity index (χ1) is 9.54. The lowest BCUT2D eigenvalue weighted by Gasteiger charge is -2.26. The molecule has 108 valence electrons. The molecule has 2 N–H and O–H groups in total. The standard InChI is InChI=1S/C16H22FN3/c1-10-3-5-12(6-4-10)9-20-15-7-11(2)13(17)8-14(15)19-16(20)18/h7-8,10,12H,3-6,9H2,1-2H3,(H2,18,19). The van der Waals surface area contributed by atoms with Gasteiger partial charge in [-0.2, -0.15) is 0 Å². The Morgan fingerprint density at radius 1 is 1.30 bits per heavy atom. The zero-order chi connectivity index (χ0) is 14.3. The molecule has 0 radical (unpaired) electrons. The van der Waals surface area contributed by atoms with Crippen molar-refractivity contribution in [2.24, 2.45) is 11.8 Å². The highest BCUT2D eigenvalue weighted by atomic mass is 19.1. The second kappa shape index (κ2) is 5.08. The van der Waals surface area contributed by atoms with E-state index < -0.39 is 0 Å². The quantitative estimate of drug-likeness (QED) is 0.903. The third-order valence-electron chi connectivity index (χ3n) is 4.63. The summed E-state index contributed by atoms with van der Waals surface area (Å²) in [6, 6.07) is 3.35. The summed E-state index contributed by atoms with van der Waals surface area (Å²) in [7, 11) is 0. The van der Waals surface area contributed by atoms with Gasteiger partial charge in [-0.15, -0.1) is 0 Å².